The van der Waals surface area contributed by atoms with Crippen LogP contribution in [0.1, 0.15) is 31.7 Å². The lowest BCUT2D eigenvalue weighted by molar-refractivity contribution is -0.114. The standard InChI is InChI=1S/C26H33NO4SSi/c1-7-8-24-25(28)17-20(26(24)33(4,5)6)18-27(21-11-13-22(31-3)14-12-21)32(29,30)23-15-9-19(2)10-16-23/h9-16,18H,7-8,17H2,1-6H3/b20-18+. The number of carbonyl (C=O) groups is 1. The number of hydrogen-bond acceptors (Lipinski definition) is 4. The summed E-state index contributed by atoms with van der Waals surface area (Å²) in [4.78, 5) is 13.1. The van der Waals surface area contributed by atoms with Crippen LogP contribution >= 0.6 is 0 Å². The van der Waals surface area contributed by atoms with Crippen molar-refractivity contribution in [2.75, 3.05) is 11.4 Å². The first kappa shape index (κ1) is 25.0. The van der Waals surface area contributed by atoms with Crippen LogP contribution in [0.3, 0.4) is 0 Å². The third-order valence-electron chi connectivity index (χ3n) is 5.74. The summed E-state index contributed by atoms with van der Waals surface area (Å²) in [6.45, 7) is 10.6. The van der Waals surface area contributed by atoms with Crippen LogP contribution in [-0.4, -0.2) is 29.4 Å². The van der Waals surface area contributed by atoms with E-state index in [9.17, 15) is 13.2 Å². The van der Waals surface area contributed by atoms with E-state index in [-0.39, 0.29) is 17.1 Å². The van der Waals surface area contributed by atoms with Gasteiger partial charge in [0.05, 0.1) is 25.8 Å². The van der Waals surface area contributed by atoms with Gasteiger partial charge in [0.1, 0.15) is 5.75 Å². The molecule has 0 saturated carbocycles. The summed E-state index contributed by atoms with van der Waals surface area (Å²) in [7, 11) is -4.23. The van der Waals surface area contributed by atoms with E-state index in [1.807, 2.05) is 6.92 Å². The minimum atomic E-state index is -3.90. The van der Waals surface area contributed by atoms with Gasteiger partial charge in [0, 0.05) is 12.6 Å². The highest BCUT2D eigenvalue weighted by molar-refractivity contribution is 7.93. The molecule has 0 radical (unpaired) electrons. The molecule has 0 aliphatic heterocycles. The lowest BCUT2D eigenvalue weighted by Gasteiger charge is -2.26. The Hall–Kier alpha value is -2.64. The molecule has 2 aromatic carbocycles. The Balaban J connectivity index is 2.22. The van der Waals surface area contributed by atoms with Crippen LogP contribution in [0.25, 0.3) is 0 Å². The van der Waals surface area contributed by atoms with Gasteiger partial charge in [-0.15, -0.1) is 0 Å². The monoisotopic (exact) mass is 483 g/mol. The predicted molar refractivity (Wildman–Crippen MR) is 137 cm³/mol. The van der Waals surface area contributed by atoms with Gasteiger partial charge in [0.15, 0.2) is 5.78 Å². The maximum Gasteiger partial charge on any atom is 0.268 e. The largest absolute Gasteiger partial charge is 0.497 e. The predicted octanol–water partition coefficient (Wildman–Crippen LogP) is 6.03. The average Bonchev–Trinajstić information content (AvgIpc) is 3.08. The molecule has 0 atom stereocenters. The molecule has 5 nitrogen and oxygen atoms in total. The minimum absolute atomic E-state index is 0.114. The number of benzene rings is 2. The number of allylic oxidation sites excluding steroid dienone is 3. The number of ether oxygens (including phenoxy) is 1. The van der Waals surface area contributed by atoms with Crippen LogP contribution in [-0.2, 0) is 14.8 Å². The summed E-state index contributed by atoms with van der Waals surface area (Å²) in [5, 5.41) is 1.09. The molecule has 0 aromatic heterocycles. The normalized spacial score (nSPS) is 15.9. The smallest absolute Gasteiger partial charge is 0.268 e. The Labute approximate surface area is 198 Å². The van der Waals surface area contributed by atoms with E-state index in [2.05, 4.69) is 26.6 Å². The van der Waals surface area contributed by atoms with Crippen molar-refractivity contribution >= 4 is 29.6 Å². The fraction of sp³-hybridized carbons (Fsp3) is 0.346. The molecule has 0 saturated heterocycles. The molecule has 0 bridgehead atoms. The Morgan fingerprint density at radius 1 is 1.03 bits per heavy atom. The first-order valence-corrected chi connectivity index (χ1v) is 16.2. The average molecular weight is 484 g/mol. The second-order valence-corrected chi connectivity index (χ2v) is 16.2. The first-order chi connectivity index (χ1) is 15.5. The summed E-state index contributed by atoms with van der Waals surface area (Å²) in [5.41, 5.74) is 3.17. The molecule has 0 fully saturated rings. The van der Waals surface area contributed by atoms with E-state index in [0.29, 0.717) is 11.4 Å². The molecule has 176 valence electrons. The number of rotatable bonds is 8. The molecule has 0 heterocycles. The Morgan fingerprint density at radius 3 is 2.15 bits per heavy atom. The van der Waals surface area contributed by atoms with Crippen molar-refractivity contribution in [1.29, 1.82) is 0 Å². The third-order valence-corrected chi connectivity index (χ3v) is 9.56. The van der Waals surface area contributed by atoms with Crippen LogP contribution in [0.4, 0.5) is 5.69 Å². The topological polar surface area (TPSA) is 63.7 Å². The summed E-state index contributed by atoms with van der Waals surface area (Å²) in [6, 6.07) is 13.8. The van der Waals surface area contributed by atoms with E-state index in [1.165, 1.54) is 4.31 Å². The molecule has 7 heteroatoms. The zero-order chi connectivity index (χ0) is 24.4. The number of aryl methyl sites for hydroxylation is 1. The van der Waals surface area contributed by atoms with Gasteiger partial charge in [-0.2, -0.15) is 0 Å². The molecule has 0 spiro atoms. The van der Waals surface area contributed by atoms with Crippen molar-refractivity contribution in [1.82, 2.24) is 0 Å². The summed E-state index contributed by atoms with van der Waals surface area (Å²) in [5.74, 6) is 0.756. The molecule has 0 unspecified atom stereocenters. The van der Waals surface area contributed by atoms with Gasteiger partial charge in [-0.1, -0.05) is 50.7 Å². The fourth-order valence-corrected chi connectivity index (χ4v) is 7.90. The van der Waals surface area contributed by atoms with Gasteiger partial charge in [-0.3, -0.25) is 4.79 Å². The van der Waals surface area contributed by atoms with Gasteiger partial charge in [-0.05, 0) is 66.1 Å². The second-order valence-electron chi connectivity index (χ2n) is 9.42. The number of hydrogen-bond donors (Lipinski definition) is 0. The van der Waals surface area contributed by atoms with Gasteiger partial charge in [0.25, 0.3) is 10.0 Å². The summed E-state index contributed by atoms with van der Waals surface area (Å²) < 4.78 is 34.2. The van der Waals surface area contributed by atoms with Gasteiger partial charge in [-0.25, -0.2) is 12.7 Å². The first-order valence-electron chi connectivity index (χ1n) is 11.2. The van der Waals surface area contributed by atoms with Crippen LogP contribution in [0, 0.1) is 6.92 Å². The molecule has 1 aliphatic carbocycles. The number of Topliss-reactive ketones (excluding diaryl/α,β-unsaturated/α-hetero) is 1. The van der Waals surface area contributed by atoms with Crippen LogP contribution in [0.15, 0.2) is 76.0 Å². The molecule has 0 amide bonds. The molecule has 2 aromatic rings. The van der Waals surface area contributed by atoms with Crippen molar-refractivity contribution in [3.8, 4) is 5.75 Å². The van der Waals surface area contributed by atoms with E-state index >= 15 is 0 Å². The van der Waals surface area contributed by atoms with E-state index in [0.717, 1.165) is 34.7 Å². The van der Waals surface area contributed by atoms with E-state index in [4.69, 9.17) is 4.74 Å². The molecule has 3 rings (SSSR count). The lowest BCUT2D eigenvalue weighted by Crippen LogP contribution is -2.29. The van der Waals surface area contributed by atoms with Crippen LogP contribution in [0.2, 0.25) is 19.6 Å². The van der Waals surface area contributed by atoms with Gasteiger partial charge < -0.3 is 4.74 Å². The van der Waals surface area contributed by atoms with Crippen molar-refractivity contribution < 1.29 is 17.9 Å². The highest BCUT2D eigenvalue weighted by Crippen LogP contribution is 2.39. The van der Waals surface area contributed by atoms with Crippen molar-refractivity contribution in [3.05, 3.63) is 76.6 Å². The molecular formula is C26H33NO4SSi. The van der Waals surface area contributed by atoms with Crippen molar-refractivity contribution in [2.24, 2.45) is 0 Å². The zero-order valence-electron chi connectivity index (χ0n) is 20.3. The Bertz CT molecular complexity index is 1190. The summed E-state index contributed by atoms with van der Waals surface area (Å²) >= 11 is 0. The fourth-order valence-electron chi connectivity index (χ4n) is 4.24. The Kier molecular flexibility index (Phi) is 7.34. The molecule has 1 aliphatic rings. The number of methoxy groups -OCH3 is 1. The zero-order valence-corrected chi connectivity index (χ0v) is 22.1. The molecule has 33 heavy (non-hydrogen) atoms. The van der Waals surface area contributed by atoms with Gasteiger partial charge in [0.2, 0.25) is 0 Å². The highest BCUT2D eigenvalue weighted by Gasteiger charge is 2.36. The van der Waals surface area contributed by atoms with E-state index < -0.39 is 18.1 Å². The number of sulfonamides is 1. The maximum atomic E-state index is 13.8. The quantitative estimate of drug-likeness (QED) is 0.430. The minimum Gasteiger partial charge on any atom is -0.497 e. The third kappa shape index (κ3) is 5.30. The molecule has 0 N–H and O–H groups in total. The number of nitrogens with zero attached hydrogens (tertiary/aromatic N) is 1. The van der Waals surface area contributed by atoms with Crippen molar-refractivity contribution in [2.45, 2.75) is 57.6 Å². The number of carbonyl (C=O) groups excluding carboxylic acids is 1. The van der Waals surface area contributed by atoms with E-state index in [1.54, 1.807) is 61.8 Å². The maximum absolute atomic E-state index is 13.8. The van der Waals surface area contributed by atoms with Crippen molar-refractivity contribution in [3.63, 3.8) is 0 Å². The highest BCUT2D eigenvalue weighted by atomic mass is 32.2. The SMILES string of the molecule is CCCC1=C([Si](C)(C)C)/C(=C/N(c2ccc(OC)cc2)S(=O)(=O)c2ccc(C)cc2)CC1=O. The van der Waals surface area contributed by atoms with Gasteiger partial charge >= 0.3 is 0 Å². The Morgan fingerprint density at radius 2 is 1.64 bits per heavy atom. The second kappa shape index (κ2) is 9.69. The summed E-state index contributed by atoms with van der Waals surface area (Å²) in [6.07, 6.45) is 3.52. The lowest BCUT2D eigenvalue weighted by atomic mass is 10.1. The van der Waals surface area contributed by atoms with Crippen LogP contribution in [0.5, 0.6) is 5.75 Å². The number of anilines is 1. The molecular weight excluding hydrogens is 450 g/mol. The number of ketones is 1. The van der Waals surface area contributed by atoms with Crippen LogP contribution < -0.4 is 9.04 Å².